The molecule has 2 rings (SSSR count). The van der Waals surface area contributed by atoms with Crippen LogP contribution in [0.4, 0.5) is 4.79 Å². The number of benzene rings is 2. The monoisotopic (exact) mass is 314 g/mol. The van der Waals surface area contributed by atoms with Crippen molar-refractivity contribution in [1.82, 2.24) is 0 Å². The van der Waals surface area contributed by atoms with Crippen LogP contribution in [0.5, 0.6) is 5.75 Å². The number of methoxy groups -OCH3 is 1. The molecule has 0 aliphatic rings. The van der Waals surface area contributed by atoms with Gasteiger partial charge in [0.15, 0.2) is 5.75 Å². The highest BCUT2D eigenvalue weighted by Crippen LogP contribution is 2.38. The Balaban J connectivity index is 2.27. The lowest BCUT2D eigenvalue weighted by molar-refractivity contribution is 0.0689. The minimum Gasteiger partial charge on any atom is -0.432 e. The molecule has 0 radical (unpaired) electrons. The molecule has 0 unspecified atom stereocenters. The van der Waals surface area contributed by atoms with E-state index < -0.39 is 6.16 Å². The van der Waals surface area contributed by atoms with Crippen molar-refractivity contribution in [2.45, 2.75) is 0 Å². The standard InChI is InChI=1S/C14H12Cl2O4/c1-18-6-7-19-14(17)20-13-10-5-3-2-4-9(10)11(15)8-12(13)16/h2-5,8H,6-7H2,1H3. The lowest BCUT2D eigenvalue weighted by atomic mass is 10.1. The third-order valence-electron chi connectivity index (χ3n) is 2.59. The van der Waals surface area contributed by atoms with Crippen molar-refractivity contribution in [3.05, 3.63) is 40.4 Å². The summed E-state index contributed by atoms with van der Waals surface area (Å²) in [6.07, 6.45) is -0.837. The Kier molecular flexibility index (Phi) is 5.06. The largest absolute Gasteiger partial charge is 0.513 e. The van der Waals surface area contributed by atoms with Crippen molar-refractivity contribution >= 4 is 40.1 Å². The van der Waals surface area contributed by atoms with Crippen molar-refractivity contribution in [2.75, 3.05) is 20.3 Å². The maximum atomic E-state index is 11.6. The van der Waals surface area contributed by atoms with Gasteiger partial charge in [0.1, 0.15) is 6.61 Å². The zero-order valence-corrected chi connectivity index (χ0v) is 12.2. The third-order valence-corrected chi connectivity index (χ3v) is 3.19. The van der Waals surface area contributed by atoms with E-state index in [1.807, 2.05) is 12.1 Å². The molecule has 6 heteroatoms. The van der Waals surface area contributed by atoms with Gasteiger partial charge in [-0.3, -0.25) is 0 Å². The number of hydrogen-bond donors (Lipinski definition) is 0. The Hall–Kier alpha value is -1.49. The molecule has 4 nitrogen and oxygen atoms in total. The quantitative estimate of drug-likeness (QED) is 0.479. The van der Waals surface area contributed by atoms with Gasteiger partial charge in [0, 0.05) is 17.9 Å². The number of rotatable bonds is 4. The average molecular weight is 315 g/mol. The Morgan fingerprint density at radius 3 is 2.50 bits per heavy atom. The minimum absolute atomic E-state index is 0.110. The van der Waals surface area contributed by atoms with Gasteiger partial charge >= 0.3 is 6.16 Å². The molecular formula is C14H12Cl2O4. The molecule has 2 aromatic carbocycles. The van der Waals surface area contributed by atoms with Gasteiger partial charge in [-0.05, 0) is 6.07 Å². The van der Waals surface area contributed by atoms with Crippen LogP contribution in [0.25, 0.3) is 10.8 Å². The van der Waals surface area contributed by atoms with Gasteiger partial charge < -0.3 is 14.2 Å². The van der Waals surface area contributed by atoms with Crippen molar-refractivity contribution in [2.24, 2.45) is 0 Å². The molecule has 0 fully saturated rings. The van der Waals surface area contributed by atoms with E-state index in [1.165, 1.54) is 13.2 Å². The first-order chi connectivity index (χ1) is 9.63. The highest BCUT2D eigenvalue weighted by molar-refractivity contribution is 6.40. The normalized spacial score (nSPS) is 10.6. The Morgan fingerprint density at radius 2 is 1.80 bits per heavy atom. The van der Waals surface area contributed by atoms with Crippen LogP contribution < -0.4 is 4.74 Å². The highest BCUT2D eigenvalue weighted by atomic mass is 35.5. The maximum absolute atomic E-state index is 11.6. The van der Waals surface area contributed by atoms with E-state index in [0.29, 0.717) is 17.0 Å². The number of carbonyl (C=O) groups excluding carboxylic acids is 1. The summed E-state index contributed by atoms with van der Waals surface area (Å²) in [7, 11) is 1.51. The van der Waals surface area contributed by atoms with E-state index in [0.717, 1.165) is 5.39 Å². The average Bonchev–Trinajstić information content (AvgIpc) is 2.44. The number of carbonyl (C=O) groups is 1. The smallest absolute Gasteiger partial charge is 0.432 e. The molecule has 0 saturated carbocycles. The molecule has 0 saturated heterocycles. The zero-order valence-electron chi connectivity index (χ0n) is 10.7. The minimum atomic E-state index is -0.837. The molecule has 0 N–H and O–H groups in total. The number of halogens is 2. The molecule has 0 atom stereocenters. The van der Waals surface area contributed by atoms with Gasteiger partial charge in [-0.1, -0.05) is 47.5 Å². The second-order valence-corrected chi connectivity index (χ2v) is 4.72. The van der Waals surface area contributed by atoms with Crippen LogP contribution in [0.1, 0.15) is 0 Å². The van der Waals surface area contributed by atoms with Crippen LogP contribution in [-0.2, 0) is 9.47 Å². The Bertz CT molecular complexity index is 628. The molecule has 0 spiro atoms. The summed E-state index contributed by atoms with van der Waals surface area (Å²) in [4.78, 5) is 11.6. The molecule has 20 heavy (non-hydrogen) atoms. The Labute approximate surface area is 126 Å². The second kappa shape index (κ2) is 6.79. The van der Waals surface area contributed by atoms with E-state index in [4.69, 9.17) is 37.4 Å². The van der Waals surface area contributed by atoms with E-state index in [9.17, 15) is 4.79 Å². The second-order valence-electron chi connectivity index (χ2n) is 3.91. The van der Waals surface area contributed by atoms with Crippen molar-refractivity contribution in [3.8, 4) is 5.75 Å². The van der Waals surface area contributed by atoms with Gasteiger partial charge in [0.25, 0.3) is 0 Å². The van der Waals surface area contributed by atoms with Gasteiger partial charge in [-0.25, -0.2) is 4.79 Å². The molecule has 0 amide bonds. The molecule has 106 valence electrons. The van der Waals surface area contributed by atoms with Crippen LogP contribution in [0.15, 0.2) is 30.3 Å². The number of fused-ring (bicyclic) bond motifs is 1. The first-order valence-electron chi connectivity index (χ1n) is 5.83. The first kappa shape index (κ1) is 14.9. The van der Waals surface area contributed by atoms with Crippen molar-refractivity contribution in [1.29, 1.82) is 0 Å². The molecule has 0 bridgehead atoms. The summed E-state index contributed by atoms with van der Waals surface area (Å²) in [5, 5.41) is 2.13. The lowest BCUT2D eigenvalue weighted by Gasteiger charge is -2.11. The Morgan fingerprint density at radius 1 is 1.10 bits per heavy atom. The summed E-state index contributed by atoms with van der Waals surface area (Å²) in [6.45, 7) is 0.405. The number of hydrogen-bond acceptors (Lipinski definition) is 4. The van der Waals surface area contributed by atoms with E-state index in [1.54, 1.807) is 12.1 Å². The van der Waals surface area contributed by atoms with Crippen LogP contribution in [-0.4, -0.2) is 26.5 Å². The fourth-order valence-electron chi connectivity index (χ4n) is 1.70. The van der Waals surface area contributed by atoms with Crippen molar-refractivity contribution < 1.29 is 19.0 Å². The highest BCUT2D eigenvalue weighted by Gasteiger charge is 2.15. The topological polar surface area (TPSA) is 44.8 Å². The summed E-state index contributed by atoms with van der Waals surface area (Å²) in [6, 6.07) is 8.76. The van der Waals surface area contributed by atoms with E-state index in [-0.39, 0.29) is 17.4 Å². The predicted octanol–water partition coefficient (Wildman–Crippen LogP) is 4.31. The fraction of sp³-hybridized carbons (Fsp3) is 0.214. The van der Waals surface area contributed by atoms with Crippen molar-refractivity contribution in [3.63, 3.8) is 0 Å². The van der Waals surface area contributed by atoms with Gasteiger partial charge in [-0.2, -0.15) is 0 Å². The molecule has 0 aliphatic heterocycles. The first-order valence-corrected chi connectivity index (χ1v) is 6.59. The fourth-order valence-corrected chi connectivity index (χ4v) is 2.28. The molecule has 0 heterocycles. The van der Waals surface area contributed by atoms with Crippen LogP contribution in [0.2, 0.25) is 10.0 Å². The van der Waals surface area contributed by atoms with Crippen LogP contribution >= 0.6 is 23.2 Å². The summed E-state index contributed by atoms with van der Waals surface area (Å²) < 4.78 is 14.8. The van der Waals surface area contributed by atoms with Gasteiger partial charge in [0.05, 0.1) is 16.7 Å². The molecule has 0 aliphatic carbocycles. The van der Waals surface area contributed by atoms with Gasteiger partial charge in [-0.15, -0.1) is 0 Å². The maximum Gasteiger partial charge on any atom is 0.513 e. The van der Waals surface area contributed by atoms with E-state index >= 15 is 0 Å². The zero-order chi connectivity index (χ0) is 14.5. The summed E-state index contributed by atoms with van der Waals surface area (Å²) in [5.41, 5.74) is 0. The van der Waals surface area contributed by atoms with E-state index in [2.05, 4.69) is 0 Å². The molecule has 0 aromatic heterocycles. The molecule has 2 aromatic rings. The number of ether oxygens (including phenoxy) is 3. The van der Waals surface area contributed by atoms with Crippen LogP contribution in [0.3, 0.4) is 0 Å². The predicted molar refractivity (Wildman–Crippen MR) is 77.8 cm³/mol. The summed E-state index contributed by atoms with van der Waals surface area (Å²) in [5.74, 6) is 0.231. The van der Waals surface area contributed by atoms with Crippen LogP contribution in [0, 0.1) is 0 Å². The third kappa shape index (κ3) is 3.33. The molecular weight excluding hydrogens is 303 g/mol. The SMILES string of the molecule is COCCOC(=O)Oc1c(Cl)cc(Cl)c2ccccc12. The van der Waals surface area contributed by atoms with Gasteiger partial charge in [0.2, 0.25) is 0 Å². The lowest BCUT2D eigenvalue weighted by Crippen LogP contribution is -2.14. The summed E-state index contributed by atoms with van der Waals surface area (Å²) >= 11 is 12.2.